The van der Waals surface area contributed by atoms with Crippen LogP contribution in [0.2, 0.25) is 0 Å². The average Bonchev–Trinajstić information content (AvgIpc) is 2.54. The van der Waals surface area contributed by atoms with E-state index in [1.165, 1.54) is 19.2 Å². The van der Waals surface area contributed by atoms with E-state index in [4.69, 9.17) is 9.47 Å². The maximum Gasteiger partial charge on any atom is 0.314 e. The van der Waals surface area contributed by atoms with Gasteiger partial charge in [-0.05, 0) is 24.3 Å². The number of rotatable bonds is 6. The van der Waals surface area contributed by atoms with Gasteiger partial charge in [0.2, 0.25) is 5.75 Å². The Bertz CT molecular complexity index is 736. The topological polar surface area (TPSA) is 90.7 Å². The molecule has 0 aliphatic heterocycles. The number of nitrogens with one attached hydrogen (secondary N) is 1. The van der Waals surface area contributed by atoms with Crippen LogP contribution < -0.4 is 14.8 Å². The first-order chi connectivity index (χ1) is 11.0. The van der Waals surface area contributed by atoms with Gasteiger partial charge in [0.1, 0.15) is 17.3 Å². The first kappa shape index (κ1) is 16.2. The lowest BCUT2D eigenvalue weighted by molar-refractivity contribution is -0.385. The molecule has 0 unspecified atom stereocenters. The molecular weight excluding hydrogens is 307 g/mol. The van der Waals surface area contributed by atoms with Gasteiger partial charge in [0.05, 0.1) is 11.0 Å². The predicted octanol–water partition coefficient (Wildman–Crippen LogP) is 2.65. The van der Waals surface area contributed by atoms with E-state index < -0.39 is 16.4 Å². The lowest BCUT2D eigenvalue weighted by Gasteiger charge is -2.09. The first-order valence-corrected chi connectivity index (χ1v) is 6.55. The third kappa shape index (κ3) is 4.40. The largest absolute Gasteiger partial charge is 0.484 e. The zero-order valence-corrected chi connectivity index (χ0v) is 12.1. The highest BCUT2D eigenvalue weighted by atomic mass is 19.1. The molecule has 0 fully saturated rings. The highest BCUT2D eigenvalue weighted by Gasteiger charge is 2.17. The van der Waals surface area contributed by atoms with Gasteiger partial charge >= 0.3 is 5.69 Å². The molecule has 2 aromatic rings. The minimum absolute atomic E-state index is 0.0974. The summed E-state index contributed by atoms with van der Waals surface area (Å²) in [6.45, 7) is -0.170. The Morgan fingerprint density at radius 1 is 1.26 bits per heavy atom. The maximum absolute atomic E-state index is 13.1. The Morgan fingerprint density at radius 3 is 2.70 bits per heavy atom. The molecule has 0 saturated carbocycles. The highest BCUT2D eigenvalue weighted by molar-refractivity contribution is 5.77. The number of nitro groups is 1. The van der Waals surface area contributed by atoms with Gasteiger partial charge in [-0.3, -0.25) is 14.9 Å². The standard InChI is InChI=1S/C15H13FN2O5/c1-17-15(19)9-22-11-3-2-4-12(8-11)23-14-6-5-10(16)7-13(14)18(20)21/h2-8H,9H2,1H3,(H,17,19). The van der Waals surface area contributed by atoms with Crippen molar-refractivity contribution in [1.82, 2.24) is 5.32 Å². The molecule has 2 aromatic carbocycles. The molecule has 1 amide bonds. The summed E-state index contributed by atoms with van der Waals surface area (Å²) >= 11 is 0. The fourth-order valence-corrected chi connectivity index (χ4v) is 1.70. The quantitative estimate of drug-likeness (QED) is 0.652. The van der Waals surface area contributed by atoms with Gasteiger partial charge in [0.15, 0.2) is 6.61 Å². The number of amides is 1. The fraction of sp³-hybridized carbons (Fsp3) is 0.133. The van der Waals surface area contributed by atoms with Crippen molar-refractivity contribution in [3.05, 3.63) is 58.4 Å². The minimum Gasteiger partial charge on any atom is -0.484 e. The molecule has 8 heteroatoms. The third-order valence-corrected chi connectivity index (χ3v) is 2.80. The molecule has 0 heterocycles. The van der Waals surface area contributed by atoms with Crippen LogP contribution in [0, 0.1) is 15.9 Å². The molecule has 0 aliphatic carbocycles. The average molecular weight is 320 g/mol. The van der Waals surface area contributed by atoms with E-state index >= 15 is 0 Å². The van der Waals surface area contributed by atoms with Crippen molar-refractivity contribution in [2.45, 2.75) is 0 Å². The maximum atomic E-state index is 13.1. The lowest BCUT2D eigenvalue weighted by atomic mass is 10.3. The Morgan fingerprint density at radius 2 is 2.00 bits per heavy atom. The van der Waals surface area contributed by atoms with Crippen molar-refractivity contribution in [1.29, 1.82) is 0 Å². The number of ether oxygens (including phenoxy) is 2. The lowest BCUT2D eigenvalue weighted by Crippen LogP contribution is -2.24. The van der Waals surface area contributed by atoms with Gasteiger partial charge in [-0.15, -0.1) is 0 Å². The summed E-state index contributed by atoms with van der Waals surface area (Å²) in [6.07, 6.45) is 0. The van der Waals surface area contributed by atoms with E-state index in [0.29, 0.717) is 5.75 Å². The van der Waals surface area contributed by atoms with E-state index in [-0.39, 0.29) is 24.0 Å². The number of halogens is 1. The highest BCUT2D eigenvalue weighted by Crippen LogP contribution is 2.33. The van der Waals surface area contributed by atoms with Crippen LogP contribution in [0.1, 0.15) is 0 Å². The molecule has 120 valence electrons. The van der Waals surface area contributed by atoms with E-state index in [1.807, 2.05) is 0 Å². The van der Waals surface area contributed by atoms with Gasteiger partial charge in [-0.25, -0.2) is 4.39 Å². The molecular formula is C15H13FN2O5. The molecule has 0 atom stereocenters. The number of benzene rings is 2. The smallest absolute Gasteiger partial charge is 0.314 e. The van der Waals surface area contributed by atoms with Gasteiger partial charge in [-0.1, -0.05) is 6.07 Å². The van der Waals surface area contributed by atoms with Crippen molar-refractivity contribution in [3.63, 3.8) is 0 Å². The first-order valence-electron chi connectivity index (χ1n) is 6.55. The number of carbonyl (C=O) groups is 1. The van der Waals surface area contributed by atoms with Crippen LogP contribution in [-0.4, -0.2) is 24.5 Å². The van der Waals surface area contributed by atoms with Gasteiger partial charge in [-0.2, -0.15) is 0 Å². The Kier molecular flexibility index (Phi) is 5.08. The molecule has 0 radical (unpaired) electrons. The zero-order chi connectivity index (χ0) is 16.8. The molecule has 0 spiro atoms. The SMILES string of the molecule is CNC(=O)COc1cccc(Oc2ccc(F)cc2[N+](=O)[O-])c1. The number of carbonyl (C=O) groups excluding carboxylic acids is 1. The summed E-state index contributed by atoms with van der Waals surface area (Å²) in [5.74, 6) is -0.512. The predicted molar refractivity (Wildman–Crippen MR) is 79.1 cm³/mol. The number of hydrogen-bond acceptors (Lipinski definition) is 5. The third-order valence-electron chi connectivity index (χ3n) is 2.80. The molecule has 0 aliphatic rings. The Balaban J connectivity index is 2.18. The molecule has 1 N–H and O–H groups in total. The monoisotopic (exact) mass is 320 g/mol. The second-order valence-electron chi connectivity index (χ2n) is 4.41. The van der Waals surface area contributed by atoms with Crippen LogP contribution in [0.4, 0.5) is 10.1 Å². The summed E-state index contributed by atoms with van der Waals surface area (Å²) in [4.78, 5) is 21.3. The summed E-state index contributed by atoms with van der Waals surface area (Å²) in [7, 11) is 1.49. The molecule has 0 saturated heterocycles. The van der Waals surface area contributed by atoms with Crippen LogP contribution in [0.15, 0.2) is 42.5 Å². The number of likely N-dealkylation sites (N-methyl/N-ethyl adjacent to an activating group) is 1. The van der Waals surface area contributed by atoms with Crippen molar-refractivity contribution < 1.29 is 23.6 Å². The van der Waals surface area contributed by atoms with Crippen molar-refractivity contribution in [2.75, 3.05) is 13.7 Å². The number of hydrogen-bond donors (Lipinski definition) is 1. The fourth-order valence-electron chi connectivity index (χ4n) is 1.70. The van der Waals surface area contributed by atoms with Crippen molar-refractivity contribution in [2.24, 2.45) is 0 Å². The number of nitrogens with zero attached hydrogens (tertiary/aromatic N) is 1. The normalized spacial score (nSPS) is 10.0. The minimum atomic E-state index is -0.732. The van der Waals surface area contributed by atoms with E-state index in [2.05, 4.69) is 5.32 Å². The second kappa shape index (κ2) is 7.21. The summed E-state index contributed by atoms with van der Waals surface area (Å²) in [6, 6.07) is 9.25. The van der Waals surface area contributed by atoms with Crippen molar-refractivity contribution >= 4 is 11.6 Å². The Hall–Kier alpha value is -3.16. The molecule has 7 nitrogen and oxygen atoms in total. The zero-order valence-electron chi connectivity index (χ0n) is 12.1. The van der Waals surface area contributed by atoms with E-state index in [0.717, 1.165) is 12.1 Å². The molecule has 23 heavy (non-hydrogen) atoms. The summed E-state index contributed by atoms with van der Waals surface area (Å²) in [5, 5.41) is 13.3. The van der Waals surface area contributed by atoms with E-state index in [9.17, 15) is 19.3 Å². The summed E-state index contributed by atoms with van der Waals surface area (Å²) in [5.41, 5.74) is -0.485. The summed E-state index contributed by atoms with van der Waals surface area (Å²) < 4.78 is 23.8. The van der Waals surface area contributed by atoms with Gasteiger partial charge in [0, 0.05) is 13.1 Å². The van der Waals surface area contributed by atoms with Crippen LogP contribution in [0.5, 0.6) is 17.2 Å². The van der Waals surface area contributed by atoms with Crippen LogP contribution in [-0.2, 0) is 4.79 Å². The molecule has 0 bridgehead atoms. The van der Waals surface area contributed by atoms with Crippen molar-refractivity contribution in [3.8, 4) is 17.2 Å². The molecule has 0 aromatic heterocycles. The van der Waals surface area contributed by atoms with Crippen LogP contribution in [0.25, 0.3) is 0 Å². The second-order valence-corrected chi connectivity index (χ2v) is 4.41. The van der Waals surface area contributed by atoms with Crippen LogP contribution in [0.3, 0.4) is 0 Å². The van der Waals surface area contributed by atoms with Gasteiger partial charge in [0.25, 0.3) is 5.91 Å². The van der Waals surface area contributed by atoms with Gasteiger partial charge < -0.3 is 14.8 Å². The van der Waals surface area contributed by atoms with E-state index in [1.54, 1.807) is 18.2 Å². The Labute approximate surface area is 130 Å². The number of nitro benzene ring substituents is 1. The van der Waals surface area contributed by atoms with Crippen LogP contribution >= 0.6 is 0 Å². The molecule has 2 rings (SSSR count).